The lowest BCUT2D eigenvalue weighted by Crippen LogP contribution is -1.73. The first-order valence-corrected chi connectivity index (χ1v) is 3.46. The van der Waals surface area contributed by atoms with E-state index in [1.165, 1.54) is 31.8 Å². The van der Waals surface area contributed by atoms with Crippen molar-refractivity contribution in [1.82, 2.24) is 15.0 Å². The largest absolute Gasteiger partial charge is 0.225 e. The van der Waals surface area contributed by atoms with Gasteiger partial charge in [-0.3, -0.25) is 0 Å². The van der Waals surface area contributed by atoms with Crippen molar-refractivity contribution in [3.63, 3.8) is 0 Å². The van der Waals surface area contributed by atoms with Crippen LogP contribution in [-0.2, 0) is 0 Å². The summed E-state index contributed by atoms with van der Waals surface area (Å²) in [6.45, 7) is 4.36. The lowest BCUT2D eigenvalue weighted by molar-refractivity contribution is 0.886. The molecule has 0 aromatic carbocycles. The van der Waals surface area contributed by atoms with Crippen molar-refractivity contribution < 1.29 is 0 Å². The maximum Gasteiger partial charge on any atom is 0.119 e. The number of aromatic nitrogens is 3. The van der Waals surface area contributed by atoms with Crippen molar-refractivity contribution in [3.05, 3.63) is 19.0 Å². The molecule has 1 rings (SSSR count). The molecule has 0 radical (unpaired) electrons. The Hall–Kier alpha value is -0.990. The summed E-state index contributed by atoms with van der Waals surface area (Å²) < 4.78 is 0. The summed E-state index contributed by atoms with van der Waals surface area (Å²) in [5, 5.41) is 0. The predicted octanol–water partition coefficient (Wildman–Crippen LogP) is 1.68. The molecule has 0 bridgehead atoms. The monoisotopic (exact) mass is 139 g/mol. The van der Waals surface area contributed by atoms with Crippen LogP contribution < -0.4 is 0 Å². The maximum absolute atomic E-state index is 3.56. The van der Waals surface area contributed by atoms with Crippen molar-refractivity contribution in [2.24, 2.45) is 0 Å². The van der Waals surface area contributed by atoms with E-state index in [2.05, 4.69) is 28.8 Å². The van der Waals surface area contributed by atoms with Crippen molar-refractivity contribution in [1.29, 1.82) is 0 Å². The zero-order valence-corrected chi connectivity index (χ0v) is 6.49. The lowest BCUT2D eigenvalue weighted by Gasteiger charge is -1.69. The Morgan fingerprint density at radius 2 is 1.10 bits per heavy atom. The molecule has 0 unspecified atom stereocenters. The highest BCUT2D eigenvalue weighted by molar-refractivity contribution is 4.51. The van der Waals surface area contributed by atoms with Gasteiger partial charge in [-0.1, -0.05) is 26.7 Å². The second kappa shape index (κ2) is 8.01. The summed E-state index contributed by atoms with van der Waals surface area (Å²) in [6, 6.07) is 0. The van der Waals surface area contributed by atoms with Crippen LogP contribution in [0.1, 0.15) is 26.7 Å². The van der Waals surface area contributed by atoms with E-state index in [-0.39, 0.29) is 0 Å². The fraction of sp³-hybridized carbons (Fsp3) is 0.571. The average molecular weight is 139 g/mol. The van der Waals surface area contributed by atoms with Crippen molar-refractivity contribution in [2.45, 2.75) is 26.7 Å². The molecule has 56 valence electrons. The first-order chi connectivity index (χ1) is 4.91. The lowest BCUT2D eigenvalue weighted by atomic mass is 10.4. The van der Waals surface area contributed by atoms with E-state index >= 15 is 0 Å². The molecule has 0 saturated carbocycles. The van der Waals surface area contributed by atoms with Gasteiger partial charge in [-0.2, -0.15) is 0 Å². The Labute approximate surface area is 61.6 Å². The zero-order chi connectivity index (χ0) is 7.66. The van der Waals surface area contributed by atoms with Crippen molar-refractivity contribution in [3.8, 4) is 0 Å². The van der Waals surface area contributed by atoms with Gasteiger partial charge in [0, 0.05) is 0 Å². The number of rotatable bonds is 1. The molecule has 0 amide bonds. The second-order valence-corrected chi connectivity index (χ2v) is 1.79. The normalized spacial score (nSPS) is 7.80. The fourth-order valence-electron chi connectivity index (χ4n) is 0.205. The zero-order valence-electron chi connectivity index (χ0n) is 6.49. The van der Waals surface area contributed by atoms with E-state index in [1.807, 2.05) is 0 Å². The van der Waals surface area contributed by atoms with Crippen molar-refractivity contribution in [2.75, 3.05) is 0 Å². The molecule has 0 atom stereocenters. The van der Waals surface area contributed by atoms with Gasteiger partial charge < -0.3 is 0 Å². The Morgan fingerprint density at radius 1 is 0.800 bits per heavy atom. The van der Waals surface area contributed by atoms with E-state index in [9.17, 15) is 0 Å². The summed E-state index contributed by atoms with van der Waals surface area (Å²) in [4.78, 5) is 10.7. The minimum atomic E-state index is 1.32. The minimum Gasteiger partial charge on any atom is -0.225 e. The standard InChI is InChI=1S/C4H10.C3H3N3/c1-3-4-2;1-4-2-6-3-5-1/h3-4H2,1-2H3;1-3H. The first kappa shape index (κ1) is 9.01. The molecule has 3 heteroatoms. The van der Waals surface area contributed by atoms with Gasteiger partial charge in [0.05, 0.1) is 0 Å². The van der Waals surface area contributed by atoms with E-state index in [4.69, 9.17) is 0 Å². The molecule has 0 saturated heterocycles. The van der Waals surface area contributed by atoms with Gasteiger partial charge in [-0.25, -0.2) is 15.0 Å². The third-order valence-electron chi connectivity index (χ3n) is 0.900. The summed E-state index contributed by atoms with van der Waals surface area (Å²) >= 11 is 0. The van der Waals surface area contributed by atoms with Crippen LogP contribution in [0.3, 0.4) is 0 Å². The highest BCUT2D eigenvalue weighted by Gasteiger charge is 1.59. The Bertz CT molecular complexity index is 101. The number of hydrogen-bond donors (Lipinski definition) is 0. The van der Waals surface area contributed by atoms with Gasteiger partial charge in [-0.15, -0.1) is 0 Å². The minimum absolute atomic E-state index is 1.32. The molecule has 0 aliphatic rings. The molecule has 1 aromatic rings. The third-order valence-corrected chi connectivity index (χ3v) is 0.900. The molecule has 3 nitrogen and oxygen atoms in total. The summed E-state index contributed by atoms with van der Waals surface area (Å²) in [6.07, 6.45) is 6.95. The first-order valence-electron chi connectivity index (χ1n) is 3.46. The summed E-state index contributed by atoms with van der Waals surface area (Å²) in [5.41, 5.74) is 0. The van der Waals surface area contributed by atoms with Crippen LogP contribution in [0.5, 0.6) is 0 Å². The van der Waals surface area contributed by atoms with E-state index in [1.54, 1.807) is 0 Å². The molecule has 0 spiro atoms. The number of hydrogen-bond acceptors (Lipinski definition) is 3. The summed E-state index contributed by atoms with van der Waals surface area (Å²) in [7, 11) is 0. The van der Waals surface area contributed by atoms with E-state index in [0.29, 0.717) is 0 Å². The maximum atomic E-state index is 3.56. The molecule has 0 fully saturated rings. The molecule has 1 heterocycles. The molecular formula is C7H13N3. The van der Waals surface area contributed by atoms with Crippen LogP contribution >= 0.6 is 0 Å². The van der Waals surface area contributed by atoms with Gasteiger partial charge >= 0.3 is 0 Å². The Kier molecular flexibility index (Phi) is 7.22. The van der Waals surface area contributed by atoms with Gasteiger partial charge in [0.2, 0.25) is 0 Å². The van der Waals surface area contributed by atoms with Crippen LogP contribution in [0.25, 0.3) is 0 Å². The quantitative estimate of drug-likeness (QED) is 0.594. The van der Waals surface area contributed by atoms with Gasteiger partial charge in [-0.05, 0) is 0 Å². The molecule has 1 aromatic heterocycles. The summed E-state index contributed by atoms with van der Waals surface area (Å²) in [5.74, 6) is 0. The fourth-order valence-corrected chi connectivity index (χ4v) is 0.205. The van der Waals surface area contributed by atoms with Gasteiger partial charge in [0.15, 0.2) is 0 Å². The SMILES string of the molecule is CCCC.c1ncncn1. The number of nitrogens with zero attached hydrogens (tertiary/aromatic N) is 3. The highest BCUT2D eigenvalue weighted by atomic mass is 14.9. The molecule has 0 aliphatic carbocycles. The van der Waals surface area contributed by atoms with Crippen LogP contribution in [0.15, 0.2) is 19.0 Å². The third kappa shape index (κ3) is 7.01. The topological polar surface area (TPSA) is 38.7 Å². The molecule has 0 N–H and O–H groups in total. The van der Waals surface area contributed by atoms with Crippen LogP contribution in [-0.4, -0.2) is 15.0 Å². The van der Waals surface area contributed by atoms with Gasteiger partial charge in [0.1, 0.15) is 19.0 Å². The molecule has 0 aliphatic heterocycles. The highest BCUT2D eigenvalue weighted by Crippen LogP contribution is 1.76. The van der Waals surface area contributed by atoms with Crippen LogP contribution in [0.4, 0.5) is 0 Å². The smallest absolute Gasteiger partial charge is 0.119 e. The molecular weight excluding hydrogens is 126 g/mol. The number of unbranched alkanes of at least 4 members (excludes halogenated alkanes) is 1. The van der Waals surface area contributed by atoms with E-state index in [0.717, 1.165) is 0 Å². The van der Waals surface area contributed by atoms with Crippen LogP contribution in [0.2, 0.25) is 0 Å². The van der Waals surface area contributed by atoms with Gasteiger partial charge in [0.25, 0.3) is 0 Å². The Balaban J connectivity index is 0.000000180. The second-order valence-electron chi connectivity index (χ2n) is 1.79. The van der Waals surface area contributed by atoms with Crippen LogP contribution in [0, 0.1) is 0 Å². The Morgan fingerprint density at radius 3 is 1.20 bits per heavy atom. The van der Waals surface area contributed by atoms with E-state index < -0.39 is 0 Å². The molecule has 10 heavy (non-hydrogen) atoms. The average Bonchev–Trinajstić information content (AvgIpc) is 2.08. The predicted molar refractivity (Wildman–Crippen MR) is 40.4 cm³/mol. The van der Waals surface area contributed by atoms with Crippen molar-refractivity contribution >= 4 is 0 Å².